The molecule has 0 radical (unpaired) electrons. The van der Waals surface area contributed by atoms with Crippen molar-refractivity contribution in [2.24, 2.45) is 0 Å². The van der Waals surface area contributed by atoms with Crippen LogP contribution in [0.15, 0.2) is 36.4 Å². The molecule has 0 fully saturated rings. The topological polar surface area (TPSA) is 100 Å². The fourth-order valence-electron chi connectivity index (χ4n) is 2.69. The number of nitrogens with zero attached hydrogens (tertiary/aromatic N) is 2. The summed E-state index contributed by atoms with van der Waals surface area (Å²) in [5.74, 6) is 1.35. The molecule has 1 aliphatic heterocycles. The maximum absolute atomic E-state index is 12.4. The van der Waals surface area contributed by atoms with Gasteiger partial charge in [0.05, 0.1) is 18.1 Å². The van der Waals surface area contributed by atoms with Gasteiger partial charge in [0.25, 0.3) is 5.91 Å². The number of likely N-dealkylation sites (N-methyl/N-ethyl adjacent to an activating group) is 1. The first-order chi connectivity index (χ1) is 13.5. The molecule has 1 amide bonds. The van der Waals surface area contributed by atoms with Gasteiger partial charge in [0.15, 0.2) is 23.9 Å². The number of fused-ring (bicyclic) bond motifs is 1. The highest BCUT2D eigenvalue weighted by atomic mass is 16.6. The highest BCUT2D eigenvalue weighted by Crippen LogP contribution is 2.32. The lowest BCUT2D eigenvalue weighted by Crippen LogP contribution is -2.31. The molecule has 0 saturated carbocycles. The van der Waals surface area contributed by atoms with Gasteiger partial charge in [0.1, 0.15) is 19.0 Å². The van der Waals surface area contributed by atoms with Crippen LogP contribution < -0.4 is 18.9 Å². The Hall–Kier alpha value is -3.49. The highest BCUT2D eigenvalue weighted by molar-refractivity contribution is 5.77. The Balaban J connectivity index is 1.61. The number of amides is 1. The largest absolute Gasteiger partial charge is 0.496 e. The van der Waals surface area contributed by atoms with E-state index in [1.165, 1.54) is 30.2 Å². The summed E-state index contributed by atoms with van der Waals surface area (Å²) >= 11 is 0. The van der Waals surface area contributed by atoms with E-state index >= 15 is 0 Å². The molecule has 2 aromatic rings. The normalized spacial score (nSPS) is 12.2. The SMILES string of the molecule is COc1ccc(OCC(=O)N(C)Cc2ccc3c(c2)OCCO3)c([N+](=O)[O-])c1. The summed E-state index contributed by atoms with van der Waals surface area (Å²) in [4.78, 5) is 24.4. The number of ether oxygens (including phenoxy) is 4. The molecule has 0 saturated heterocycles. The van der Waals surface area contributed by atoms with E-state index in [-0.39, 0.29) is 24.0 Å². The third kappa shape index (κ3) is 4.43. The number of hydrogen-bond donors (Lipinski definition) is 0. The summed E-state index contributed by atoms with van der Waals surface area (Å²) in [6.45, 7) is 1.01. The van der Waals surface area contributed by atoms with Crippen LogP contribution in [0.2, 0.25) is 0 Å². The Morgan fingerprint density at radius 1 is 1.18 bits per heavy atom. The fourth-order valence-corrected chi connectivity index (χ4v) is 2.69. The molecule has 0 unspecified atom stereocenters. The van der Waals surface area contributed by atoms with Gasteiger partial charge in [-0.2, -0.15) is 0 Å². The van der Waals surface area contributed by atoms with Gasteiger partial charge < -0.3 is 23.8 Å². The van der Waals surface area contributed by atoms with Crippen molar-refractivity contribution in [3.63, 3.8) is 0 Å². The van der Waals surface area contributed by atoms with Gasteiger partial charge in [-0.25, -0.2) is 0 Å². The second kappa shape index (κ2) is 8.47. The first-order valence-corrected chi connectivity index (χ1v) is 8.55. The van der Waals surface area contributed by atoms with Gasteiger partial charge >= 0.3 is 5.69 Å². The summed E-state index contributed by atoms with van der Waals surface area (Å²) in [5, 5.41) is 11.2. The van der Waals surface area contributed by atoms with Crippen molar-refractivity contribution in [2.45, 2.75) is 6.54 Å². The van der Waals surface area contributed by atoms with Crippen molar-refractivity contribution >= 4 is 11.6 Å². The van der Waals surface area contributed by atoms with E-state index in [2.05, 4.69) is 0 Å². The first-order valence-electron chi connectivity index (χ1n) is 8.55. The number of benzene rings is 2. The van der Waals surface area contributed by atoms with Gasteiger partial charge in [0, 0.05) is 13.6 Å². The molecule has 0 aromatic heterocycles. The summed E-state index contributed by atoms with van der Waals surface area (Å²) in [6.07, 6.45) is 0. The lowest BCUT2D eigenvalue weighted by Gasteiger charge is -2.21. The predicted octanol–water partition coefficient (Wildman–Crippen LogP) is 2.41. The van der Waals surface area contributed by atoms with Gasteiger partial charge in [-0.3, -0.25) is 14.9 Å². The van der Waals surface area contributed by atoms with Crippen LogP contribution in [0.4, 0.5) is 5.69 Å². The van der Waals surface area contributed by atoms with Crippen LogP contribution >= 0.6 is 0 Å². The smallest absolute Gasteiger partial charge is 0.314 e. The molecule has 1 aliphatic rings. The predicted molar refractivity (Wildman–Crippen MR) is 99.0 cm³/mol. The Bertz CT molecular complexity index is 885. The number of nitro benzene ring substituents is 1. The van der Waals surface area contributed by atoms with Crippen LogP contribution in [-0.2, 0) is 11.3 Å². The van der Waals surface area contributed by atoms with Crippen molar-refractivity contribution in [1.29, 1.82) is 0 Å². The number of carbonyl (C=O) groups excluding carboxylic acids is 1. The molecule has 3 rings (SSSR count). The molecule has 28 heavy (non-hydrogen) atoms. The van der Waals surface area contributed by atoms with Crippen molar-refractivity contribution in [3.8, 4) is 23.0 Å². The lowest BCUT2D eigenvalue weighted by molar-refractivity contribution is -0.385. The van der Waals surface area contributed by atoms with E-state index < -0.39 is 4.92 Å². The quantitative estimate of drug-likeness (QED) is 0.530. The number of hydrogen-bond acceptors (Lipinski definition) is 7. The molecule has 0 aliphatic carbocycles. The third-order valence-corrected chi connectivity index (χ3v) is 4.17. The molecule has 2 aromatic carbocycles. The molecule has 148 valence electrons. The molecule has 9 heteroatoms. The van der Waals surface area contributed by atoms with Crippen LogP contribution in [0, 0.1) is 10.1 Å². The van der Waals surface area contributed by atoms with E-state index in [9.17, 15) is 14.9 Å². The Morgan fingerprint density at radius 3 is 2.64 bits per heavy atom. The van der Waals surface area contributed by atoms with E-state index in [1.54, 1.807) is 13.1 Å². The molecule has 0 bridgehead atoms. The van der Waals surface area contributed by atoms with Crippen molar-refractivity contribution in [1.82, 2.24) is 4.90 Å². The van der Waals surface area contributed by atoms with E-state index in [4.69, 9.17) is 18.9 Å². The number of rotatable bonds is 7. The molecular weight excluding hydrogens is 368 g/mol. The van der Waals surface area contributed by atoms with Gasteiger partial charge in [-0.15, -0.1) is 0 Å². The monoisotopic (exact) mass is 388 g/mol. The molecule has 1 heterocycles. The van der Waals surface area contributed by atoms with Crippen LogP contribution in [-0.4, -0.2) is 49.7 Å². The van der Waals surface area contributed by atoms with E-state index in [0.717, 1.165) is 5.56 Å². The Morgan fingerprint density at radius 2 is 1.93 bits per heavy atom. The van der Waals surface area contributed by atoms with Gasteiger partial charge in [-0.1, -0.05) is 6.07 Å². The summed E-state index contributed by atoms with van der Waals surface area (Å²) < 4.78 is 21.4. The minimum absolute atomic E-state index is 0.00637. The standard InChI is InChI=1S/C19H20N2O7/c1-20(11-13-3-5-17-18(9-13)27-8-7-26-17)19(22)12-28-16-6-4-14(25-2)10-15(16)21(23)24/h3-6,9-10H,7-8,11-12H2,1-2H3. The Labute approximate surface area is 161 Å². The number of carbonyl (C=O) groups is 1. The van der Waals surface area contributed by atoms with Crippen LogP contribution in [0.1, 0.15) is 5.56 Å². The number of nitro groups is 1. The van der Waals surface area contributed by atoms with Crippen LogP contribution in [0.25, 0.3) is 0 Å². The van der Waals surface area contributed by atoms with Crippen molar-refractivity contribution in [3.05, 3.63) is 52.1 Å². The van der Waals surface area contributed by atoms with Crippen LogP contribution in [0.3, 0.4) is 0 Å². The average molecular weight is 388 g/mol. The molecule has 0 spiro atoms. The number of methoxy groups -OCH3 is 1. The molecule has 9 nitrogen and oxygen atoms in total. The van der Waals surface area contributed by atoms with E-state index in [0.29, 0.717) is 37.0 Å². The summed E-state index contributed by atoms with van der Waals surface area (Å²) in [7, 11) is 3.04. The zero-order chi connectivity index (χ0) is 20.1. The zero-order valence-corrected chi connectivity index (χ0v) is 15.5. The molecule has 0 atom stereocenters. The maximum atomic E-state index is 12.4. The van der Waals surface area contributed by atoms with Gasteiger partial charge in [-0.05, 0) is 29.8 Å². The second-order valence-electron chi connectivity index (χ2n) is 6.11. The fraction of sp³-hybridized carbons (Fsp3) is 0.316. The first kappa shape index (κ1) is 19.3. The van der Waals surface area contributed by atoms with Crippen molar-refractivity contribution < 1.29 is 28.7 Å². The van der Waals surface area contributed by atoms with E-state index in [1.807, 2.05) is 12.1 Å². The average Bonchev–Trinajstić information content (AvgIpc) is 2.71. The van der Waals surface area contributed by atoms with Gasteiger partial charge in [0.2, 0.25) is 0 Å². The minimum Gasteiger partial charge on any atom is -0.496 e. The summed E-state index contributed by atoms with van der Waals surface area (Å²) in [5.41, 5.74) is 0.608. The van der Waals surface area contributed by atoms with Crippen LogP contribution in [0.5, 0.6) is 23.0 Å². The summed E-state index contributed by atoms with van der Waals surface area (Å²) in [6, 6.07) is 9.68. The Kier molecular flexibility index (Phi) is 5.83. The minimum atomic E-state index is -0.582. The third-order valence-electron chi connectivity index (χ3n) is 4.17. The molecule has 0 N–H and O–H groups in total. The molecular formula is C19H20N2O7. The maximum Gasteiger partial charge on any atom is 0.314 e. The second-order valence-corrected chi connectivity index (χ2v) is 6.11. The van der Waals surface area contributed by atoms with Crippen molar-refractivity contribution in [2.75, 3.05) is 34.0 Å². The zero-order valence-electron chi connectivity index (χ0n) is 15.5. The lowest BCUT2D eigenvalue weighted by atomic mass is 10.2. The highest BCUT2D eigenvalue weighted by Gasteiger charge is 2.19.